The van der Waals surface area contributed by atoms with Gasteiger partial charge >= 0.3 is 0 Å². The lowest BCUT2D eigenvalue weighted by Gasteiger charge is -2.36. The van der Waals surface area contributed by atoms with Crippen LogP contribution in [-0.2, 0) is 0 Å². The lowest BCUT2D eigenvalue weighted by Crippen LogP contribution is -2.47. The van der Waals surface area contributed by atoms with Gasteiger partial charge in [0.25, 0.3) is 0 Å². The fourth-order valence-electron chi connectivity index (χ4n) is 3.93. The molecule has 0 spiro atoms. The van der Waals surface area contributed by atoms with Crippen LogP contribution in [0, 0.1) is 13.8 Å². The van der Waals surface area contributed by atoms with E-state index in [4.69, 9.17) is 0 Å². The second kappa shape index (κ2) is 7.09. The van der Waals surface area contributed by atoms with Gasteiger partial charge in [0.05, 0.1) is 6.10 Å². The van der Waals surface area contributed by atoms with Crippen LogP contribution in [0.2, 0.25) is 0 Å². The van der Waals surface area contributed by atoms with E-state index in [0.29, 0.717) is 6.54 Å². The number of β-amino-alcohol motifs (C(OH)–C–C–N with tert-alkyl or cyclic N) is 1. The molecule has 5 heteroatoms. The number of aromatic amines is 1. The minimum absolute atomic E-state index is 0.479. The number of aromatic nitrogens is 2. The number of aryl methyl sites for hydroxylation is 2. The van der Waals surface area contributed by atoms with Crippen molar-refractivity contribution in [3.63, 3.8) is 0 Å². The lowest BCUT2D eigenvalue weighted by atomic mass is 10.0. The molecule has 0 bridgehead atoms. The monoisotopic (exact) mass is 350 g/mol. The molecule has 1 saturated heterocycles. The van der Waals surface area contributed by atoms with E-state index >= 15 is 0 Å². The van der Waals surface area contributed by atoms with E-state index in [-0.39, 0.29) is 0 Å². The second-order valence-corrected chi connectivity index (χ2v) is 7.20. The Kier molecular flexibility index (Phi) is 4.66. The molecular formula is C21H26N4O. The van der Waals surface area contributed by atoms with Gasteiger partial charge in [-0.3, -0.25) is 4.90 Å². The fourth-order valence-corrected chi connectivity index (χ4v) is 3.93. The number of anilines is 1. The zero-order chi connectivity index (χ0) is 18.1. The minimum Gasteiger partial charge on any atom is -0.387 e. The first-order valence-corrected chi connectivity index (χ1v) is 9.27. The topological polar surface area (TPSA) is 55.4 Å². The largest absolute Gasteiger partial charge is 0.387 e. The van der Waals surface area contributed by atoms with Gasteiger partial charge in [0.1, 0.15) is 5.82 Å². The number of rotatable bonds is 4. The molecule has 4 rings (SSSR count). The number of piperazine rings is 1. The number of nitrogens with one attached hydrogen (secondary N) is 1. The summed E-state index contributed by atoms with van der Waals surface area (Å²) < 4.78 is 0. The molecule has 2 aromatic heterocycles. The summed E-state index contributed by atoms with van der Waals surface area (Å²) in [5.41, 5.74) is 4.43. The molecule has 0 unspecified atom stereocenters. The number of aliphatic hydroxyl groups excluding tert-OH is 1. The quantitative estimate of drug-likeness (QED) is 0.759. The first-order chi connectivity index (χ1) is 12.6. The molecule has 26 heavy (non-hydrogen) atoms. The number of hydrogen-bond acceptors (Lipinski definition) is 4. The van der Waals surface area contributed by atoms with Gasteiger partial charge in [0.15, 0.2) is 0 Å². The van der Waals surface area contributed by atoms with Crippen molar-refractivity contribution in [1.29, 1.82) is 0 Å². The van der Waals surface area contributed by atoms with Crippen LogP contribution in [0.3, 0.4) is 0 Å². The third kappa shape index (κ3) is 3.32. The Morgan fingerprint density at radius 1 is 1.12 bits per heavy atom. The molecule has 1 fully saturated rings. The van der Waals surface area contributed by atoms with E-state index in [9.17, 15) is 5.11 Å². The molecule has 0 amide bonds. The first-order valence-electron chi connectivity index (χ1n) is 9.27. The molecule has 1 aromatic carbocycles. The zero-order valence-electron chi connectivity index (χ0n) is 15.4. The number of pyridine rings is 1. The standard InChI is InChI=1S/C21H26N4O/c1-15-6-7-17-18(13-15)23-16(2)21(17)19(26)14-24-9-11-25(12-10-24)20-5-3-4-8-22-20/h3-8,13,19,23,26H,9-12,14H2,1-2H3/t19-/m1/s1. The van der Waals surface area contributed by atoms with Crippen molar-refractivity contribution < 1.29 is 5.11 Å². The summed E-state index contributed by atoms with van der Waals surface area (Å²) in [5.74, 6) is 1.04. The third-order valence-electron chi connectivity index (χ3n) is 5.30. The Hall–Kier alpha value is -2.37. The molecule has 2 N–H and O–H groups in total. The molecule has 136 valence electrons. The molecule has 0 radical (unpaired) electrons. The number of aliphatic hydroxyl groups is 1. The summed E-state index contributed by atoms with van der Waals surface area (Å²) >= 11 is 0. The van der Waals surface area contributed by atoms with Crippen LogP contribution in [0.5, 0.6) is 0 Å². The van der Waals surface area contributed by atoms with Crippen LogP contribution < -0.4 is 4.90 Å². The molecule has 1 aliphatic rings. The molecule has 1 aliphatic heterocycles. The minimum atomic E-state index is -0.479. The number of fused-ring (bicyclic) bond motifs is 1. The predicted octanol–water partition coefficient (Wildman–Crippen LogP) is 3.04. The van der Waals surface area contributed by atoms with Crippen LogP contribution >= 0.6 is 0 Å². The van der Waals surface area contributed by atoms with Gasteiger partial charge in [-0.2, -0.15) is 0 Å². The number of hydrogen-bond donors (Lipinski definition) is 2. The van der Waals surface area contributed by atoms with Gasteiger partial charge in [-0.1, -0.05) is 18.2 Å². The summed E-state index contributed by atoms with van der Waals surface area (Å²) in [4.78, 5) is 12.5. The lowest BCUT2D eigenvalue weighted by molar-refractivity contribution is 0.110. The maximum atomic E-state index is 10.9. The SMILES string of the molecule is Cc1ccc2c([C@H](O)CN3CCN(c4ccccn4)CC3)c(C)[nH]c2c1. The Labute approximate surface area is 154 Å². The molecule has 0 saturated carbocycles. The average molecular weight is 350 g/mol. The summed E-state index contributed by atoms with van der Waals surface area (Å²) in [6, 6.07) is 12.4. The van der Waals surface area contributed by atoms with E-state index in [1.807, 2.05) is 25.3 Å². The van der Waals surface area contributed by atoms with Crippen molar-refractivity contribution in [2.24, 2.45) is 0 Å². The van der Waals surface area contributed by atoms with Crippen LogP contribution in [0.25, 0.3) is 10.9 Å². The van der Waals surface area contributed by atoms with E-state index in [1.165, 1.54) is 5.56 Å². The van der Waals surface area contributed by atoms with Crippen LogP contribution in [0.1, 0.15) is 22.9 Å². The van der Waals surface area contributed by atoms with Crippen LogP contribution in [0.4, 0.5) is 5.82 Å². The molecule has 5 nitrogen and oxygen atoms in total. The summed E-state index contributed by atoms with van der Waals surface area (Å²) in [6.07, 6.45) is 1.36. The zero-order valence-corrected chi connectivity index (χ0v) is 15.4. The van der Waals surface area contributed by atoms with Gasteiger partial charge in [0.2, 0.25) is 0 Å². The molecule has 0 aliphatic carbocycles. The van der Waals surface area contributed by atoms with E-state index in [1.54, 1.807) is 0 Å². The van der Waals surface area contributed by atoms with Crippen molar-refractivity contribution >= 4 is 16.7 Å². The van der Waals surface area contributed by atoms with Crippen molar-refractivity contribution in [2.45, 2.75) is 20.0 Å². The van der Waals surface area contributed by atoms with Gasteiger partial charge in [0, 0.05) is 61.1 Å². The van der Waals surface area contributed by atoms with Crippen molar-refractivity contribution in [3.8, 4) is 0 Å². The van der Waals surface area contributed by atoms with Gasteiger partial charge in [-0.15, -0.1) is 0 Å². The molecular weight excluding hydrogens is 324 g/mol. The van der Waals surface area contributed by atoms with Gasteiger partial charge in [-0.25, -0.2) is 4.98 Å². The summed E-state index contributed by atoms with van der Waals surface area (Å²) in [5, 5.41) is 12.0. The Balaban J connectivity index is 1.43. The maximum Gasteiger partial charge on any atom is 0.128 e. The fraction of sp³-hybridized carbons (Fsp3) is 0.381. The maximum absolute atomic E-state index is 10.9. The highest BCUT2D eigenvalue weighted by molar-refractivity contribution is 5.85. The normalized spacial score (nSPS) is 17.0. The van der Waals surface area contributed by atoms with E-state index in [2.05, 4.69) is 51.0 Å². The van der Waals surface area contributed by atoms with Crippen molar-refractivity contribution in [1.82, 2.24) is 14.9 Å². The number of H-pyrrole nitrogens is 1. The Bertz CT molecular complexity index is 882. The predicted molar refractivity (Wildman–Crippen MR) is 106 cm³/mol. The van der Waals surface area contributed by atoms with Crippen molar-refractivity contribution in [3.05, 3.63) is 59.4 Å². The Morgan fingerprint density at radius 2 is 1.92 bits per heavy atom. The molecule has 1 atom stereocenters. The number of benzene rings is 1. The van der Waals surface area contributed by atoms with Crippen molar-refractivity contribution in [2.75, 3.05) is 37.6 Å². The van der Waals surface area contributed by atoms with Gasteiger partial charge in [-0.05, 0) is 37.6 Å². The smallest absolute Gasteiger partial charge is 0.128 e. The summed E-state index contributed by atoms with van der Waals surface area (Å²) in [7, 11) is 0. The molecule has 3 aromatic rings. The third-order valence-corrected chi connectivity index (χ3v) is 5.30. The molecule has 3 heterocycles. The highest BCUT2D eigenvalue weighted by Crippen LogP contribution is 2.29. The first kappa shape index (κ1) is 17.1. The average Bonchev–Trinajstić information content (AvgIpc) is 2.98. The highest BCUT2D eigenvalue weighted by atomic mass is 16.3. The van der Waals surface area contributed by atoms with Crippen LogP contribution in [0.15, 0.2) is 42.6 Å². The van der Waals surface area contributed by atoms with Gasteiger partial charge < -0.3 is 15.0 Å². The highest BCUT2D eigenvalue weighted by Gasteiger charge is 2.23. The van der Waals surface area contributed by atoms with E-state index in [0.717, 1.165) is 54.2 Å². The van der Waals surface area contributed by atoms with Crippen LogP contribution in [-0.4, -0.2) is 52.7 Å². The van der Waals surface area contributed by atoms with E-state index < -0.39 is 6.10 Å². The summed E-state index contributed by atoms with van der Waals surface area (Å²) in [6.45, 7) is 8.56. The second-order valence-electron chi connectivity index (χ2n) is 7.20. The number of nitrogens with zero attached hydrogens (tertiary/aromatic N) is 3. The Morgan fingerprint density at radius 3 is 2.65 bits per heavy atom.